The normalized spacial score (nSPS) is 23.1. The Kier molecular flexibility index (Phi) is 2.64. The van der Waals surface area contributed by atoms with Crippen LogP contribution in [0.25, 0.3) is 0 Å². The molecule has 0 amide bonds. The van der Waals surface area contributed by atoms with Gasteiger partial charge in [-0.25, -0.2) is 4.31 Å². The molecule has 1 aliphatic rings. The van der Waals surface area contributed by atoms with E-state index in [9.17, 15) is 0 Å². The van der Waals surface area contributed by atoms with Crippen LogP contribution in [0.5, 0.6) is 0 Å². The monoisotopic (exact) mass is 159 g/mol. The van der Waals surface area contributed by atoms with E-state index in [-0.39, 0.29) is 0 Å². The molecular weight excluding hydrogens is 142 g/mol. The maximum Gasteiger partial charge on any atom is 0.0229 e. The van der Waals surface area contributed by atoms with Gasteiger partial charge in [-0.1, -0.05) is 11.9 Å². The molecule has 10 heavy (non-hydrogen) atoms. The molecule has 60 valence electrons. The van der Waals surface area contributed by atoms with Crippen molar-refractivity contribution in [3.8, 4) is 0 Å². The fourth-order valence-electron chi connectivity index (χ4n) is 1.13. The van der Waals surface area contributed by atoms with Crippen molar-refractivity contribution in [1.82, 2.24) is 4.31 Å². The molecule has 0 saturated carbocycles. The van der Waals surface area contributed by atoms with Gasteiger partial charge in [-0.15, -0.1) is 0 Å². The van der Waals surface area contributed by atoms with Crippen molar-refractivity contribution in [2.45, 2.75) is 39.2 Å². The predicted octanol–water partition coefficient (Wildman–Crippen LogP) is 2.53. The van der Waals surface area contributed by atoms with Gasteiger partial charge in [0.2, 0.25) is 0 Å². The van der Waals surface area contributed by atoms with Gasteiger partial charge in [0.15, 0.2) is 0 Å². The highest BCUT2D eigenvalue weighted by Crippen LogP contribution is 2.27. The Hall–Kier alpha value is 0.310. The zero-order chi connectivity index (χ0) is 7.61. The third-order valence-electron chi connectivity index (χ3n) is 1.75. The second-order valence-electron chi connectivity index (χ2n) is 3.81. The Balaban J connectivity index is 2.39. The maximum absolute atomic E-state index is 2.50. The van der Waals surface area contributed by atoms with Gasteiger partial charge in [-0.2, -0.15) is 0 Å². The second kappa shape index (κ2) is 3.14. The average Bonchev–Trinajstić information content (AvgIpc) is 1.88. The van der Waals surface area contributed by atoms with E-state index in [1.165, 1.54) is 25.1 Å². The van der Waals surface area contributed by atoms with Crippen molar-refractivity contribution in [2.24, 2.45) is 0 Å². The molecule has 1 heterocycles. The first kappa shape index (κ1) is 8.41. The first-order chi connectivity index (χ1) is 4.61. The molecule has 1 saturated heterocycles. The summed E-state index contributed by atoms with van der Waals surface area (Å²) in [6.07, 6.45) is 2.78. The van der Waals surface area contributed by atoms with Crippen molar-refractivity contribution >= 4 is 11.9 Å². The summed E-state index contributed by atoms with van der Waals surface area (Å²) in [6, 6.07) is 0. The molecule has 0 unspecified atom stereocenters. The number of rotatable bonds is 0. The molecule has 0 N–H and O–H groups in total. The summed E-state index contributed by atoms with van der Waals surface area (Å²) in [5.41, 5.74) is 0.366. The van der Waals surface area contributed by atoms with E-state index in [0.29, 0.717) is 5.54 Å². The first-order valence-electron chi connectivity index (χ1n) is 4.01. The van der Waals surface area contributed by atoms with Gasteiger partial charge in [0, 0.05) is 17.8 Å². The molecule has 0 radical (unpaired) electrons. The smallest absolute Gasteiger partial charge is 0.0229 e. The topological polar surface area (TPSA) is 3.24 Å². The third kappa shape index (κ3) is 2.17. The lowest BCUT2D eigenvalue weighted by atomic mass is 10.1. The molecule has 0 spiro atoms. The molecule has 0 atom stereocenters. The summed E-state index contributed by atoms with van der Waals surface area (Å²) < 4.78 is 2.50. The molecule has 0 aromatic rings. The van der Waals surface area contributed by atoms with Gasteiger partial charge in [0.1, 0.15) is 0 Å². The van der Waals surface area contributed by atoms with Crippen LogP contribution in [0.4, 0.5) is 0 Å². The summed E-state index contributed by atoms with van der Waals surface area (Å²) >= 11 is 2.00. The maximum atomic E-state index is 2.50. The lowest BCUT2D eigenvalue weighted by molar-refractivity contribution is 0.263. The highest BCUT2D eigenvalue weighted by Gasteiger charge is 2.23. The average molecular weight is 159 g/mol. The van der Waals surface area contributed by atoms with Crippen LogP contribution < -0.4 is 0 Å². The van der Waals surface area contributed by atoms with Gasteiger partial charge in [0.05, 0.1) is 0 Å². The van der Waals surface area contributed by atoms with Crippen molar-refractivity contribution in [3.05, 3.63) is 0 Å². The van der Waals surface area contributed by atoms with E-state index in [1.807, 2.05) is 11.9 Å². The van der Waals surface area contributed by atoms with Crippen LogP contribution in [0.3, 0.4) is 0 Å². The number of nitrogens with zero attached hydrogens (tertiary/aromatic N) is 1. The lowest BCUT2D eigenvalue weighted by Gasteiger charge is -2.36. The zero-order valence-electron chi connectivity index (χ0n) is 7.18. The summed E-state index contributed by atoms with van der Waals surface area (Å²) in [5, 5.41) is 0. The highest BCUT2D eigenvalue weighted by molar-refractivity contribution is 7.97. The molecule has 1 fully saturated rings. The second-order valence-corrected chi connectivity index (χ2v) is 4.92. The van der Waals surface area contributed by atoms with Crippen molar-refractivity contribution in [3.63, 3.8) is 0 Å². The van der Waals surface area contributed by atoms with Gasteiger partial charge in [-0.05, 0) is 33.6 Å². The standard InChI is InChI=1S/C8H17NS/c1-8(2,3)9-6-4-5-7-10-9/h4-7H2,1-3H3. The highest BCUT2D eigenvalue weighted by atomic mass is 32.2. The Morgan fingerprint density at radius 3 is 2.20 bits per heavy atom. The van der Waals surface area contributed by atoms with Crippen LogP contribution in [0, 0.1) is 0 Å². The van der Waals surface area contributed by atoms with Crippen LogP contribution in [-0.4, -0.2) is 22.1 Å². The van der Waals surface area contributed by atoms with Crippen LogP contribution >= 0.6 is 11.9 Å². The Morgan fingerprint density at radius 1 is 1.20 bits per heavy atom. The minimum Gasteiger partial charge on any atom is -0.245 e. The van der Waals surface area contributed by atoms with Crippen molar-refractivity contribution in [2.75, 3.05) is 12.3 Å². The van der Waals surface area contributed by atoms with Gasteiger partial charge < -0.3 is 0 Å². The molecular formula is C8H17NS. The van der Waals surface area contributed by atoms with E-state index in [0.717, 1.165) is 0 Å². The Bertz CT molecular complexity index is 100. The summed E-state index contributed by atoms with van der Waals surface area (Å²) in [5.74, 6) is 1.32. The molecule has 1 nitrogen and oxygen atoms in total. The first-order valence-corrected chi connectivity index (χ1v) is 4.95. The SMILES string of the molecule is CC(C)(C)N1CCCCS1. The Morgan fingerprint density at radius 2 is 1.90 bits per heavy atom. The minimum atomic E-state index is 0.366. The van der Waals surface area contributed by atoms with Crippen molar-refractivity contribution in [1.29, 1.82) is 0 Å². The van der Waals surface area contributed by atoms with E-state index in [2.05, 4.69) is 25.1 Å². The van der Waals surface area contributed by atoms with Crippen molar-refractivity contribution < 1.29 is 0 Å². The molecule has 2 heteroatoms. The quantitative estimate of drug-likeness (QED) is 0.500. The van der Waals surface area contributed by atoms with E-state index >= 15 is 0 Å². The molecule has 0 aromatic carbocycles. The largest absolute Gasteiger partial charge is 0.245 e. The summed E-state index contributed by atoms with van der Waals surface area (Å²) in [6.45, 7) is 8.12. The van der Waals surface area contributed by atoms with E-state index in [1.54, 1.807) is 0 Å². The summed E-state index contributed by atoms with van der Waals surface area (Å²) in [4.78, 5) is 0. The van der Waals surface area contributed by atoms with Crippen LogP contribution in [0.2, 0.25) is 0 Å². The molecule has 0 bridgehead atoms. The molecule has 0 aliphatic carbocycles. The van der Waals surface area contributed by atoms with Crippen LogP contribution in [0.1, 0.15) is 33.6 Å². The predicted molar refractivity (Wildman–Crippen MR) is 48.2 cm³/mol. The zero-order valence-corrected chi connectivity index (χ0v) is 8.00. The van der Waals surface area contributed by atoms with Gasteiger partial charge >= 0.3 is 0 Å². The fourth-order valence-corrected chi connectivity index (χ4v) is 2.32. The number of hydrogen-bond donors (Lipinski definition) is 0. The summed E-state index contributed by atoms with van der Waals surface area (Å²) in [7, 11) is 0. The Labute approximate surface area is 68.3 Å². The molecule has 1 rings (SSSR count). The van der Waals surface area contributed by atoms with E-state index in [4.69, 9.17) is 0 Å². The third-order valence-corrected chi connectivity index (χ3v) is 3.26. The van der Waals surface area contributed by atoms with Crippen LogP contribution in [-0.2, 0) is 0 Å². The lowest BCUT2D eigenvalue weighted by Crippen LogP contribution is -2.38. The van der Waals surface area contributed by atoms with Gasteiger partial charge in [-0.3, -0.25) is 0 Å². The van der Waals surface area contributed by atoms with Gasteiger partial charge in [0.25, 0.3) is 0 Å². The fraction of sp³-hybridized carbons (Fsp3) is 1.00. The molecule has 1 aliphatic heterocycles. The number of hydrogen-bond acceptors (Lipinski definition) is 2. The van der Waals surface area contributed by atoms with Crippen LogP contribution in [0.15, 0.2) is 0 Å². The minimum absolute atomic E-state index is 0.366. The molecule has 0 aromatic heterocycles. The van der Waals surface area contributed by atoms with E-state index < -0.39 is 0 Å².